The highest BCUT2D eigenvalue weighted by Gasteiger charge is 2.20. The first-order valence-corrected chi connectivity index (χ1v) is 8.87. The van der Waals surface area contributed by atoms with Gasteiger partial charge in [0.1, 0.15) is 11.6 Å². The minimum absolute atomic E-state index is 0.0147. The van der Waals surface area contributed by atoms with E-state index < -0.39 is 0 Å². The number of para-hydroxylation sites is 2. The number of rotatable bonds is 4. The lowest BCUT2D eigenvalue weighted by atomic mass is 10.1. The summed E-state index contributed by atoms with van der Waals surface area (Å²) in [5.74, 6) is 1.29. The van der Waals surface area contributed by atoms with Crippen LogP contribution in [0.15, 0.2) is 30.5 Å². The predicted octanol–water partition coefficient (Wildman–Crippen LogP) is 1.89. The van der Waals surface area contributed by atoms with Gasteiger partial charge in [0.25, 0.3) is 0 Å². The fourth-order valence-electron chi connectivity index (χ4n) is 2.76. The van der Waals surface area contributed by atoms with Crippen molar-refractivity contribution < 1.29 is 4.79 Å². The van der Waals surface area contributed by atoms with Gasteiger partial charge in [-0.2, -0.15) is 9.90 Å². The molecule has 10 heteroatoms. The van der Waals surface area contributed by atoms with E-state index in [-0.39, 0.29) is 17.9 Å². The van der Waals surface area contributed by atoms with Crippen LogP contribution < -0.4 is 5.32 Å². The molecule has 3 aromatic heterocycles. The van der Waals surface area contributed by atoms with Crippen molar-refractivity contribution in [2.75, 3.05) is 5.32 Å². The molecule has 0 saturated carbocycles. The molecular weight excluding hydrogens is 358 g/mol. The van der Waals surface area contributed by atoms with Crippen LogP contribution in [0, 0.1) is 0 Å². The summed E-state index contributed by atoms with van der Waals surface area (Å²) in [4.78, 5) is 21.9. The number of fused-ring (bicyclic) bond motifs is 1. The molecule has 4 rings (SSSR count). The van der Waals surface area contributed by atoms with E-state index in [4.69, 9.17) is 0 Å². The number of aromatic amines is 1. The van der Waals surface area contributed by atoms with Gasteiger partial charge in [0, 0.05) is 7.05 Å². The Bertz CT molecular complexity index is 1110. The first-order valence-electron chi connectivity index (χ1n) is 8.87. The number of carbonyl (C=O) groups excluding carboxylic acids is 1. The Balaban J connectivity index is 1.56. The molecule has 0 aliphatic heterocycles. The molecule has 0 saturated heterocycles. The third-order valence-corrected chi connectivity index (χ3v) is 4.21. The van der Waals surface area contributed by atoms with Crippen LogP contribution in [-0.2, 0) is 23.8 Å². The zero-order chi connectivity index (χ0) is 19.9. The van der Waals surface area contributed by atoms with Gasteiger partial charge in [0.2, 0.25) is 5.91 Å². The third kappa shape index (κ3) is 3.36. The summed E-state index contributed by atoms with van der Waals surface area (Å²) in [5, 5.41) is 19.4. The number of carbonyl (C=O) groups is 1. The second-order valence-corrected chi connectivity index (χ2v) is 7.52. The molecule has 1 amide bonds. The first kappa shape index (κ1) is 17.8. The lowest BCUT2D eigenvalue weighted by Crippen LogP contribution is -2.25. The maximum atomic E-state index is 12.5. The summed E-state index contributed by atoms with van der Waals surface area (Å²) < 4.78 is 1.60. The number of aryl methyl sites for hydroxylation is 1. The topological polar surface area (TPSA) is 119 Å². The van der Waals surface area contributed by atoms with E-state index in [1.165, 1.54) is 4.80 Å². The summed E-state index contributed by atoms with van der Waals surface area (Å²) in [6.45, 7) is 5.90. The lowest BCUT2D eigenvalue weighted by molar-refractivity contribution is -0.115. The summed E-state index contributed by atoms with van der Waals surface area (Å²) >= 11 is 0. The quantitative estimate of drug-likeness (QED) is 0.559. The Hall–Kier alpha value is -3.56. The van der Waals surface area contributed by atoms with E-state index in [1.54, 1.807) is 17.9 Å². The number of aromatic nitrogens is 8. The van der Waals surface area contributed by atoms with Crippen LogP contribution in [0.3, 0.4) is 0 Å². The number of benzene rings is 1. The van der Waals surface area contributed by atoms with Gasteiger partial charge in [-0.1, -0.05) is 12.1 Å². The van der Waals surface area contributed by atoms with Crippen molar-refractivity contribution in [1.82, 2.24) is 40.0 Å². The summed E-state index contributed by atoms with van der Waals surface area (Å²) in [6, 6.07) is 7.74. The molecule has 0 aliphatic rings. The number of tetrazole rings is 1. The molecular formula is C18H21N9O. The van der Waals surface area contributed by atoms with E-state index in [1.807, 2.05) is 45.0 Å². The molecule has 0 unspecified atom stereocenters. The molecule has 2 N–H and O–H groups in total. The van der Waals surface area contributed by atoms with Gasteiger partial charge in [-0.15, -0.1) is 10.2 Å². The summed E-state index contributed by atoms with van der Waals surface area (Å²) in [6.07, 6.45) is 1.68. The number of hydrogen-bond acceptors (Lipinski definition) is 6. The standard InChI is InChI=1S/C18H21N9O/c1-18(2,3)27-24-14(23-25-27)9-15(28)22-17-11(10-19-26(17)4)16-20-12-7-5-6-8-13(12)21-16/h5-8,10H,9H2,1-4H3,(H,20,21)(H,22,28). The fourth-order valence-corrected chi connectivity index (χ4v) is 2.76. The molecule has 4 aromatic rings. The fraction of sp³-hybridized carbons (Fsp3) is 0.333. The highest BCUT2D eigenvalue weighted by atomic mass is 16.1. The number of nitrogens with zero attached hydrogens (tertiary/aromatic N) is 7. The van der Waals surface area contributed by atoms with E-state index >= 15 is 0 Å². The SMILES string of the molecule is Cn1ncc(-c2nc3ccccc3[nH]2)c1NC(=O)Cc1nnn(C(C)(C)C)n1. The number of anilines is 1. The Kier molecular flexibility index (Phi) is 4.17. The van der Waals surface area contributed by atoms with Crippen molar-refractivity contribution in [3.8, 4) is 11.4 Å². The predicted molar refractivity (Wildman–Crippen MR) is 103 cm³/mol. The van der Waals surface area contributed by atoms with Gasteiger partial charge in [0.05, 0.1) is 34.8 Å². The third-order valence-electron chi connectivity index (χ3n) is 4.21. The molecule has 3 heterocycles. The van der Waals surface area contributed by atoms with E-state index in [9.17, 15) is 4.79 Å². The molecule has 0 aliphatic carbocycles. The second-order valence-electron chi connectivity index (χ2n) is 7.52. The van der Waals surface area contributed by atoms with Crippen molar-refractivity contribution in [1.29, 1.82) is 0 Å². The molecule has 0 spiro atoms. The second kappa shape index (κ2) is 6.55. The summed E-state index contributed by atoms with van der Waals surface area (Å²) in [5.41, 5.74) is 2.18. The number of amides is 1. The zero-order valence-electron chi connectivity index (χ0n) is 16.1. The molecule has 144 valence electrons. The minimum atomic E-state index is -0.293. The number of imidazole rings is 1. The highest BCUT2D eigenvalue weighted by molar-refractivity contribution is 5.95. The van der Waals surface area contributed by atoms with Crippen molar-refractivity contribution >= 4 is 22.8 Å². The van der Waals surface area contributed by atoms with Gasteiger partial charge in [-0.05, 0) is 38.1 Å². The van der Waals surface area contributed by atoms with Crippen LogP contribution in [-0.4, -0.2) is 45.9 Å². The zero-order valence-corrected chi connectivity index (χ0v) is 16.1. The van der Waals surface area contributed by atoms with Crippen molar-refractivity contribution in [3.05, 3.63) is 36.3 Å². The van der Waals surface area contributed by atoms with Crippen LogP contribution in [0.2, 0.25) is 0 Å². The molecule has 1 aromatic carbocycles. The smallest absolute Gasteiger partial charge is 0.233 e. The number of hydrogen-bond donors (Lipinski definition) is 2. The van der Waals surface area contributed by atoms with E-state index in [0.717, 1.165) is 11.0 Å². The molecule has 28 heavy (non-hydrogen) atoms. The van der Waals surface area contributed by atoms with Crippen molar-refractivity contribution in [2.45, 2.75) is 32.7 Å². The molecule has 0 atom stereocenters. The van der Waals surface area contributed by atoms with Crippen LogP contribution >= 0.6 is 0 Å². The Labute approximate surface area is 161 Å². The first-order chi connectivity index (χ1) is 13.3. The van der Waals surface area contributed by atoms with E-state index in [0.29, 0.717) is 23.0 Å². The Morgan fingerprint density at radius 2 is 2.04 bits per heavy atom. The average Bonchev–Trinajstić information content (AvgIpc) is 3.33. The van der Waals surface area contributed by atoms with Crippen LogP contribution in [0.25, 0.3) is 22.4 Å². The minimum Gasteiger partial charge on any atom is -0.338 e. The van der Waals surface area contributed by atoms with Crippen molar-refractivity contribution in [2.24, 2.45) is 7.05 Å². The van der Waals surface area contributed by atoms with Gasteiger partial charge in [-0.25, -0.2) is 4.98 Å². The largest absolute Gasteiger partial charge is 0.338 e. The Morgan fingerprint density at radius 3 is 2.75 bits per heavy atom. The molecule has 0 fully saturated rings. The van der Waals surface area contributed by atoms with Crippen molar-refractivity contribution in [3.63, 3.8) is 0 Å². The Morgan fingerprint density at radius 1 is 1.25 bits per heavy atom. The number of H-pyrrole nitrogens is 1. The normalized spacial score (nSPS) is 11.9. The average molecular weight is 379 g/mol. The number of nitrogens with one attached hydrogen (secondary N) is 2. The van der Waals surface area contributed by atoms with Crippen LogP contribution in [0.5, 0.6) is 0 Å². The van der Waals surface area contributed by atoms with Crippen LogP contribution in [0.4, 0.5) is 5.82 Å². The van der Waals surface area contributed by atoms with Crippen LogP contribution in [0.1, 0.15) is 26.6 Å². The van der Waals surface area contributed by atoms with Gasteiger partial charge in [0.15, 0.2) is 5.82 Å². The maximum absolute atomic E-state index is 12.5. The van der Waals surface area contributed by atoms with E-state index in [2.05, 4.69) is 35.8 Å². The lowest BCUT2D eigenvalue weighted by Gasteiger charge is -2.15. The molecule has 0 radical (unpaired) electrons. The van der Waals surface area contributed by atoms with Gasteiger partial charge in [-0.3, -0.25) is 9.48 Å². The monoisotopic (exact) mass is 379 g/mol. The maximum Gasteiger partial charge on any atom is 0.233 e. The van der Waals surface area contributed by atoms with Gasteiger partial charge >= 0.3 is 0 Å². The molecule has 10 nitrogen and oxygen atoms in total. The van der Waals surface area contributed by atoms with Gasteiger partial charge < -0.3 is 10.3 Å². The summed E-state index contributed by atoms with van der Waals surface area (Å²) in [7, 11) is 1.76. The highest BCUT2D eigenvalue weighted by Crippen LogP contribution is 2.27. The molecule has 0 bridgehead atoms.